The minimum Gasteiger partial charge on any atom is -0.379 e. The minimum atomic E-state index is -0.912. The van der Waals surface area contributed by atoms with Crippen molar-refractivity contribution < 1.29 is 43.0 Å². The predicted molar refractivity (Wildman–Crippen MR) is 415 cm³/mol. The molecule has 3 rings (SSSR count). The van der Waals surface area contributed by atoms with Crippen molar-refractivity contribution in [3.63, 3.8) is 0 Å². The molecule has 2 atom stereocenters. The van der Waals surface area contributed by atoms with Gasteiger partial charge in [-0.05, 0) is 221 Å². The third-order valence-corrected chi connectivity index (χ3v) is 19.0. The molecule has 0 aromatic rings. The van der Waals surface area contributed by atoms with Crippen LogP contribution in [0.4, 0.5) is 0 Å². The van der Waals surface area contributed by atoms with E-state index in [0.29, 0.717) is 117 Å². The minimum absolute atomic E-state index is 0.0243. The van der Waals surface area contributed by atoms with E-state index in [0.717, 1.165) is 59.1 Å². The Hall–Kier alpha value is -7.00. The van der Waals surface area contributed by atoms with Crippen molar-refractivity contribution in [2.45, 2.75) is 239 Å². The Balaban J connectivity index is 1.73. The van der Waals surface area contributed by atoms with Gasteiger partial charge in [0.2, 0.25) is 29.5 Å². The molecule has 3 aliphatic rings. The first-order chi connectivity index (χ1) is 47.5. The summed E-state index contributed by atoms with van der Waals surface area (Å²) in [5.41, 5.74) is 14.7. The Kier molecular flexibility index (Phi) is 41.9. The number of allylic oxidation sites excluding steroid dienone is 28. The fourth-order valence-electron chi connectivity index (χ4n) is 13.0. The van der Waals surface area contributed by atoms with Gasteiger partial charge in [-0.25, -0.2) is 0 Å². The van der Waals surface area contributed by atoms with Gasteiger partial charge in [0.05, 0.1) is 26.4 Å². The van der Waals surface area contributed by atoms with E-state index in [1.165, 1.54) is 72.0 Å². The Labute approximate surface area is 604 Å². The molecule has 5 N–H and O–H groups in total. The number of unbranched alkanes of at least 4 members (excludes halogenated alkanes) is 2. The zero-order valence-corrected chi connectivity index (χ0v) is 64.7. The summed E-state index contributed by atoms with van der Waals surface area (Å²) in [5, 5.41) is 14.9. The molecule has 0 radical (unpaired) electrons. The van der Waals surface area contributed by atoms with Crippen LogP contribution in [0.2, 0.25) is 0 Å². The van der Waals surface area contributed by atoms with E-state index in [-0.39, 0.29) is 52.1 Å². The largest absolute Gasteiger partial charge is 0.379 e. The number of nitrogens with one attached hydrogen (secondary N) is 5. The molecular formula is C86H131N5O9. The van der Waals surface area contributed by atoms with Crippen LogP contribution in [0.15, 0.2) is 176 Å². The maximum Gasteiger partial charge on any atom is 0.244 e. The van der Waals surface area contributed by atoms with Gasteiger partial charge in [-0.1, -0.05) is 179 Å². The van der Waals surface area contributed by atoms with E-state index in [1.807, 2.05) is 82.4 Å². The molecular weight excluding hydrogens is 1250 g/mol. The fraction of sp³-hybridized carbons (Fsp3) is 0.581. The molecule has 3 aliphatic carbocycles. The van der Waals surface area contributed by atoms with Crippen molar-refractivity contribution in [1.29, 1.82) is 0 Å². The molecule has 0 fully saturated rings. The van der Waals surface area contributed by atoms with Gasteiger partial charge in [0.25, 0.3) is 0 Å². The SMILES string of the molecule is CCC(=O)NCCCOCCOCCOCCCNC(=O)[C@@H](CCCCNC(=O)/C=C(C)/C=C/C=C(C)/C=C/C1=C(C)CCCC1(C)C)NC(=O)[C@@H](CCCCNC(=O)/C=C(C)/C=C/C=C(C)/C=C/C1=C(C)CCCC1(C)C)CC(=O)/C=C(C)/C=C/C=C(C)/C=C/C1=C(C)CCCC1(C)C. The lowest BCUT2D eigenvalue weighted by Gasteiger charge is -2.33. The van der Waals surface area contributed by atoms with Gasteiger partial charge in [-0.15, -0.1) is 0 Å². The number of ketones is 1. The molecule has 100 heavy (non-hydrogen) atoms. The second-order valence-electron chi connectivity index (χ2n) is 29.8. The lowest BCUT2D eigenvalue weighted by Crippen LogP contribution is -2.49. The summed E-state index contributed by atoms with van der Waals surface area (Å²) in [7, 11) is 0. The molecule has 5 amide bonds. The predicted octanol–water partition coefficient (Wildman–Crippen LogP) is 17.7. The quantitative estimate of drug-likeness (QED) is 0.0224. The second kappa shape index (κ2) is 48.0. The maximum atomic E-state index is 14.6. The second-order valence-corrected chi connectivity index (χ2v) is 29.8. The van der Waals surface area contributed by atoms with E-state index in [4.69, 9.17) is 14.2 Å². The van der Waals surface area contributed by atoms with Crippen LogP contribution in [0, 0.1) is 22.2 Å². The molecule has 14 nitrogen and oxygen atoms in total. The zero-order chi connectivity index (χ0) is 73.9. The van der Waals surface area contributed by atoms with Gasteiger partial charge in [-0.2, -0.15) is 0 Å². The first kappa shape index (κ1) is 87.2. The van der Waals surface area contributed by atoms with Crippen LogP contribution in [-0.2, 0) is 43.0 Å². The van der Waals surface area contributed by atoms with Crippen LogP contribution in [0.1, 0.15) is 233 Å². The maximum absolute atomic E-state index is 14.6. The Morgan fingerprint density at radius 1 is 0.430 bits per heavy atom. The molecule has 14 heteroatoms. The molecule has 0 saturated heterocycles. The smallest absolute Gasteiger partial charge is 0.244 e. The van der Waals surface area contributed by atoms with E-state index < -0.39 is 17.9 Å². The summed E-state index contributed by atoms with van der Waals surface area (Å²) in [4.78, 5) is 80.2. The van der Waals surface area contributed by atoms with Crippen molar-refractivity contribution in [3.05, 3.63) is 176 Å². The summed E-state index contributed by atoms with van der Waals surface area (Å²) >= 11 is 0. The number of hydrogen-bond donors (Lipinski definition) is 5. The Morgan fingerprint density at radius 2 is 0.800 bits per heavy atom. The van der Waals surface area contributed by atoms with E-state index in [9.17, 15) is 28.8 Å². The highest BCUT2D eigenvalue weighted by Crippen LogP contribution is 2.43. The molecule has 0 heterocycles. The zero-order valence-electron chi connectivity index (χ0n) is 64.7. The molecule has 0 aromatic heterocycles. The standard InChI is InChI=1S/C86H131N5O9/c1-17-79(93)87-52-28-54-98-56-58-100-59-57-99-55-29-53-90-83(97)78(40-19-21-51-89-81(95)62-69(7)35-24-32-66(4)43-46-77-72(10)38-27-49-86(77,15)16)91-82(96)73(63-74(92)60-67(5)33-22-30-64(2)41-44-75-70(8)36-25-47-84(75,11)12)39-18-20-50-88-80(94)61-68(6)34-23-31-65(3)42-45-76-71(9)37-26-48-85(76,13)14/h22-24,30-35,41-46,60-62,73,78H,17-21,25-29,36-40,47-59,63H2,1-16H3,(H,87,93)(H,88,94)(H,89,95)(H,90,97)(H,91,96)/b33-22+,34-23+,35-24+,44-41+,45-42+,46-43+,64-30+,65-31+,66-32+,67-60+,68-61+,69-62+/t73-,78+/m0/s1. The topological polar surface area (TPSA) is 190 Å². The van der Waals surface area contributed by atoms with E-state index >= 15 is 0 Å². The summed E-state index contributed by atoms with van der Waals surface area (Å²) < 4.78 is 17.0. The van der Waals surface area contributed by atoms with Crippen LogP contribution in [0.25, 0.3) is 0 Å². The van der Waals surface area contributed by atoms with Crippen molar-refractivity contribution in [2.75, 3.05) is 65.8 Å². The molecule has 0 aliphatic heterocycles. The highest BCUT2D eigenvalue weighted by Gasteiger charge is 2.30. The van der Waals surface area contributed by atoms with Crippen LogP contribution >= 0.6 is 0 Å². The van der Waals surface area contributed by atoms with Gasteiger partial charge in [-0.3, -0.25) is 28.8 Å². The first-order valence-electron chi connectivity index (χ1n) is 37.4. The van der Waals surface area contributed by atoms with Crippen molar-refractivity contribution >= 4 is 35.3 Å². The van der Waals surface area contributed by atoms with E-state index in [1.54, 1.807) is 18.2 Å². The molecule has 0 aromatic carbocycles. The molecule has 554 valence electrons. The van der Waals surface area contributed by atoms with Gasteiger partial charge in [0.15, 0.2) is 5.78 Å². The van der Waals surface area contributed by atoms with Gasteiger partial charge >= 0.3 is 0 Å². The van der Waals surface area contributed by atoms with Crippen LogP contribution < -0.4 is 26.6 Å². The Morgan fingerprint density at radius 3 is 1.20 bits per heavy atom. The molecule has 0 spiro atoms. The molecule has 0 bridgehead atoms. The van der Waals surface area contributed by atoms with Crippen LogP contribution in [0.3, 0.4) is 0 Å². The van der Waals surface area contributed by atoms with Crippen LogP contribution in [-0.4, -0.2) is 107 Å². The van der Waals surface area contributed by atoms with Crippen molar-refractivity contribution in [3.8, 4) is 0 Å². The number of hydrogen-bond acceptors (Lipinski definition) is 9. The summed E-state index contributed by atoms with van der Waals surface area (Å²) in [6, 6.07) is -0.912. The number of amides is 5. The van der Waals surface area contributed by atoms with Crippen LogP contribution in [0.5, 0.6) is 0 Å². The number of ether oxygens (including phenoxy) is 3. The number of carbonyl (C=O) groups is 6. The summed E-state index contributed by atoms with van der Waals surface area (Å²) in [5.74, 6) is -2.13. The average molecular weight is 1380 g/mol. The first-order valence-corrected chi connectivity index (χ1v) is 37.4. The highest BCUT2D eigenvalue weighted by atomic mass is 16.5. The molecule has 0 saturated carbocycles. The molecule has 0 unspecified atom stereocenters. The monoisotopic (exact) mass is 1380 g/mol. The summed E-state index contributed by atoms with van der Waals surface area (Å²) in [6.45, 7) is 38.4. The van der Waals surface area contributed by atoms with Gasteiger partial charge in [0.1, 0.15) is 6.04 Å². The normalized spacial score (nSPS) is 18.2. The third kappa shape index (κ3) is 37.1. The lowest BCUT2D eigenvalue weighted by molar-refractivity contribution is -0.132. The van der Waals surface area contributed by atoms with Crippen molar-refractivity contribution in [2.24, 2.45) is 22.2 Å². The lowest BCUT2D eigenvalue weighted by atomic mass is 9.72. The average Bonchev–Trinajstić information content (AvgIpc) is 0.846. The van der Waals surface area contributed by atoms with Crippen molar-refractivity contribution in [1.82, 2.24) is 26.6 Å². The number of carbonyl (C=O) groups excluding carboxylic acids is 6. The Bertz CT molecular complexity index is 3150. The fourth-order valence-corrected chi connectivity index (χ4v) is 13.0. The van der Waals surface area contributed by atoms with Gasteiger partial charge in [0, 0.05) is 70.3 Å². The third-order valence-electron chi connectivity index (χ3n) is 19.0. The number of rotatable bonds is 45. The van der Waals surface area contributed by atoms with E-state index in [2.05, 4.69) is 146 Å². The van der Waals surface area contributed by atoms with Gasteiger partial charge < -0.3 is 40.8 Å². The summed E-state index contributed by atoms with van der Waals surface area (Å²) in [6.07, 6.45) is 50.8. The highest BCUT2D eigenvalue weighted by molar-refractivity contribution is 5.95.